The predicted molar refractivity (Wildman–Crippen MR) is 118 cm³/mol. The van der Waals surface area contributed by atoms with E-state index in [9.17, 15) is 4.79 Å². The Hall–Kier alpha value is -3.03. The smallest absolute Gasteiger partial charge is 0.256 e. The number of nitrogens with one attached hydrogen (secondary N) is 1. The molecule has 1 saturated heterocycles. The van der Waals surface area contributed by atoms with Crippen molar-refractivity contribution in [3.05, 3.63) is 63.4 Å². The second kappa shape index (κ2) is 8.24. The topological polar surface area (TPSA) is 71.0 Å². The Morgan fingerprint density at radius 2 is 1.77 bits per heavy atom. The molecule has 0 bridgehead atoms. The Labute approximate surface area is 180 Å². The Bertz CT molecular complexity index is 1180. The molecule has 0 saturated carbocycles. The highest BCUT2D eigenvalue weighted by molar-refractivity contribution is 5.81. The fourth-order valence-electron chi connectivity index (χ4n) is 4.07. The molecule has 2 aliphatic rings. The van der Waals surface area contributed by atoms with Crippen molar-refractivity contribution in [1.82, 2.24) is 4.57 Å². The second-order valence-electron chi connectivity index (χ2n) is 8.00. The van der Waals surface area contributed by atoms with Crippen LogP contribution in [0.4, 0.5) is 5.69 Å². The van der Waals surface area contributed by atoms with Crippen molar-refractivity contribution in [3.8, 4) is 11.5 Å². The number of anilines is 1. The first-order chi connectivity index (χ1) is 15.1. The van der Waals surface area contributed by atoms with Gasteiger partial charge < -0.3 is 28.8 Å². The van der Waals surface area contributed by atoms with Crippen LogP contribution in [-0.4, -0.2) is 30.9 Å². The van der Waals surface area contributed by atoms with Crippen molar-refractivity contribution in [1.29, 1.82) is 0 Å². The van der Waals surface area contributed by atoms with E-state index in [1.54, 1.807) is 0 Å². The van der Waals surface area contributed by atoms with Gasteiger partial charge in [0.05, 0.1) is 18.7 Å². The number of aromatic nitrogens is 1. The number of benzene rings is 2. The van der Waals surface area contributed by atoms with Crippen molar-refractivity contribution >= 4 is 16.6 Å². The number of aryl methyl sites for hydroxylation is 3. The van der Waals surface area contributed by atoms with Gasteiger partial charge in [0.25, 0.3) is 5.56 Å². The summed E-state index contributed by atoms with van der Waals surface area (Å²) in [6.07, 6.45) is 0.393. The van der Waals surface area contributed by atoms with Gasteiger partial charge in [-0.25, -0.2) is 0 Å². The zero-order valence-electron chi connectivity index (χ0n) is 17.8. The fourth-order valence-corrected chi connectivity index (χ4v) is 4.07. The number of nitrogens with zero attached hydrogens (tertiary/aromatic N) is 1. The fraction of sp³-hybridized carbons (Fsp3) is 0.375. The maximum atomic E-state index is 13.4. The van der Waals surface area contributed by atoms with E-state index < -0.39 is 0 Å². The molecule has 0 atom stereocenters. The summed E-state index contributed by atoms with van der Waals surface area (Å²) < 4.78 is 23.8. The standard InChI is InChI=1S/C24H26N2O5/c1-15-9-17-11-18(13-25-19-3-4-21-22(12-19)31-14-30-21)24(27)26(20(17)10-16(15)2)6-5-23-28-7-8-29-23/h3-4,9-12,23,25H,5-8,13-14H2,1-2H3. The average molecular weight is 422 g/mol. The molecule has 0 amide bonds. The molecule has 2 aromatic carbocycles. The molecule has 162 valence electrons. The molecule has 7 heteroatoms. The van der Waals surface area contributed by atoms with Crippen molar-refractivity contribution in [2.45, 2.75) is 39.6 Å². The van der Waals surface area contributed by atoms with Crippen LogP contribution in [0.15, 0.2) is 41.2 Å². The summed E-state index contributed by atoms with van der Waals surface area (Å²) in [5.41, 5.74) is 4.90. The maximum Gasteiger partial charge on any atom is 0.256 e. The number of pyridine rings is 1. The van der Waals surface area contributed by atoms with E-state index in [0.29, 0.717) is 44.0 Å². The van der Waals surface area contributed by atoms with Gasteiger partial charge in [0.15, 0.2) is 17.8 Å². The van der Waals surface area contributed by atoms with Crippen LogP contribution in [0.5, 0.6) is 11.5 Å². The molecular weight excluding hydrogens is 396 g/mol. The highest BCUT2D eigenvalue weighted by Gasteiger charge is 2.18. The average Bonchev–Trinajstić information content (AvgIpc) is 3.44. The normalized spacial score (nSPS) is 15.7. The number of rotatable bonds is 6. The molecule has 0 radical (unpaired) electrons. The first-order valence-electron chi connectivity index (χ1n) is 10.6. The van der Waals surface area contributed by atoms with Crippen LogP contribution in [0.25, 0.3) is 10.9 Å². The summed E-state index contributed by atoms with van der Waals surface area (Å²) >= 11 is 0. The van der Waals surface area contributed by atoms with Crippen molar-refractivity contribution in [2.75, 3.05) is 25.3 Å². The van der Waals surface area contributed by atoms with Crippen molar-refractivity contribution in [2.24, 2.45) is 0 Å². The number of hydrogen-bond acceptors (Lipinski definition) is 6. The van der Waals surface area contributed by atoms with Crippen LogP contribution < -0.4 is 20.3 Å². The molecule has 7 nitrogen and oxygen atoms in total. The van der Waals surface area contributed by atoms with Gasteiger partial charge in [-0.2, -0.15) is 0 Å². The van der Waals surface area contributed by atoms with E-state index in [-0.39, 0.29) is 18.6 Å². The summed E-state index contributed by atoms with van der Waals surface area (Å²) in [5, 5.41) is 4.40. The molecule has 0 aliphatic carbocycles. The lowest BCUT2D eigenvalue weighted by Gasteiger charge is -2.17. The number of hydrogen-bond donors (Lipinski definition) is 1. The first-order valence-corrected chi connectivity index (χ1v) is 10.6. The van der Waals surface area contributed by atoms with Gasteiger partial charge >= 0.3 is 0 Å². The lowest BCUT2D eigenvalue weighted by Crippen LogP contribution is -2.27. The summed E-state index contributed by atoms with van der Waals surface area (Å²) in [7, 11) is 0. The van der Waals surface area contributed by atoms with Crippen LogP contribution in [0.1, 0.15) is 23.1 Å². The quantitative estimate of drug-likeness (QED) is 0.653. The second-order valence-corrected chi connectivity index (χ2v) is 8.00. The third-order valence-electron chi connectivity index (χ3n) is 5.92. The van der Waals surface area contributed by atoms with Gasteiger partial charge in [-0.1, -0.05) is 0 Å². The molecule has 3 aromatic rings. The third kappa shape index (κ3) is 3.98. The Morgan fingerprint density at radius 3 is 2.61 bits per heavy atom. The molecule has 31 heavy (non-hydrogen) atoms. The number of fused-ring (bicyclic) bond motifs is 2. The van der Waals surface area contributed by atoms with Crippen molar-refractivity contribution < 1.29 is 18.9 Å². The maximum absolute atomic E-state index is 13.4. The molecule has 1 aromatic heterocycles. The largest absolute Gasteiger partial charge is 0.454 e. The summed E-state index contributed by atoms with van der Waals surface area (Å²) in [6, 6.07) is 11.9. The SMILES string of the molecule is Cc1cc2cc(CNc3ccc4c(c3)OCO4)c(=O)n(CCC3OCCO3)c2cc1C. The first kappa shape index (κ1) is 19.9. The van der Waals surface area contributed by atoms with Crippen LogP contribution in [0, 0.1) is 13.8 Å². The van der Waals surface area contributed by atoms with E-state index in [2.05, 4.69) is 31.3 Å². The molecule has 0 unspecified atom stereocenters. The van der Waals surface area contributed by atoms with Gasteiger partial charge in [0.1, 0.15) is 0 Å². The Morgan fingerprint density at radius 1 is 1.00 bits per heavy atom. The van der Waals surface area contributed by atoms with Crippen molar-refractivity contribution in [3.63, 3.8) is 0 Å². The molecular formula is C24H26N2O5. The number of ether oxygens (including phenoxy) is 4. The van der Waals surface area contributed by atoms with E-state index in [1.807, 2.05) is 28.8 Å². The third-order valence-corrected chi connectivity index (χ3v) is 5.92. The lowest BCUT2D eigenvalue weighted by molar-refractivity contribution is -0.0490. The summed E-state index contributed by atoms with van der Waals surface area (Å²) in [6.45, 7) is 6.58. The monoisotopic (exact) mass is 422 g/mol. The highest BCUT2D eigenvalue weighted by Crippen LogP contribution is 2.34. The van der Waals surface area contributed by atoms with E-state index in [0.717, 1.165) is 22.3 Å². The van der Waals surface area contributed by atoms with E-state index in [4.69, 9.17) is 18.9 Å². The van der Waals surface area contributed by atoms with Crippen LogP contribution in [0.3, 0.4) is 0 Å². The molecule has 3 heterocycles. The van der Waals surface area contributed by atoms with Crippen LogP contribution >= 0.6 is 0 Å². The molecule has 2 aliphatic heterocycles. The van der Waals surface area contributed by atoms with Gasteiger partial charge in [-0.15, -0.1) is 0 Å². The molecule has 0 spiro atoms. The van der Waals surface area contributed by atoms with Crippen LogP contribution in [0.2, 0.25) is 0 Å². The van der Waals surface area contributed by atoms with E-state index >= 15 is 0 Å². The lowest BCUT2D eigenvalue weighted by atomic mass is 10.0. The highest BCUT2D eigenvalue weighted by atomic mass is 16.7. The molecule has 1 N–H and O–H groups in total. The van der Waals surface area contributed by atoms with Gasteiger partial charge in [0, 0.05) is 36.8 Å². The molecule has 5 rings (SSSR count). The van der Waals surface area contributed by atoms with Gasteiger partial charge in [0.2, 0.25) is 6.79 Å². The minimum absolute atomic E-state index is 0.00185. The zero-order chi connectivity index (χ0) is 21.4. The molecule has 1 fully saturated rings. The van der Waals surface area contributed by atoms with Gasteiger partial charge in [-0.05, 0) is 60.7 Å². The minimum Gasteiger partial charge on any atom is -0.454 e. The summed E-state index contributed by atoms with van der Waals surface area (Å²) in [5.74, 6) is 1.45. The minimum atomic E-state index is -0.246. The predicted octanol–water partition coefficient (Wildman–Crippen LogP) is 3.72. The van der Waals surface area contributed by atoms with Gasteiger partial charge in [-0.3, -0.25) is 4.79 Å². The van der Waals surface area contributed by atoms with E-state index in [1.165, 1.54) is 11.1 Å². The Kier molecular flexibility index (Phi) is 5.29. The van der Waals surface area contributed by atoms with Crippen LogP contribution in [-0.2, 0) is 22.6 Å². The zero-order valence-corrected chi connectivity index (χ0v) is 17.8. The summed E-state index contributed by atoms with van der Waals surface area (Å²) in [4.78, 5) is 13.4. The Balaban J connectivity index is 1.46.